The van der Waals surface area contributed by atoms with Gasteiger partial charge in [0.1, 0.15) is 11.2 Å². The molecule has 11 aromatic rings. The van der Waals surface area contributed by atoms with Crippen molar-refractivity contribution < 1.29 is 4.42 Å². The van der Waals surface area contributed by atoms with Crippen molar-refractivity contribution in [3.8, 4) is 27.9 Å². The predicted molar refractivity (Wildman–Crippen MR) is 231 cm³/mol. The van der Waals surface area contributed by atoms with E-state index in [1.165, 1.54) is 38.2 Å². The van der Waals surface area contributed by atoms with Gasteiger partial charge in [-0.25, -0.2) is 0 Å². The highest BCUT2D eigenvalue weighted by atomic mass is 16.3. The summed E-state index contributed by atoms with van der Waals surface area (Å²) in [6.45, 7) is 0. The Bertz CT molecular complexity index is 3180. The molecule has 0 atom stereocenters. The van der Waals surface area contributed by atoms with Gasteiger partial charge < -0.3 is 13.9 Å². The summed E-state index contributed by atoms with van der Waals surface area (Å²) in [5, 5.41) is 7.05. The lowest BCUT2D eigenvalue weighted by Crippen LogP contribution is -2.09. The Labute approximate surface area is 318 Å². The molecular weight excluding hydrogens is 669 g/mol. The molecule has 0 aliphatic rings. The van der Waals surface area contributed by atoms with E-state index in [2.05, 4.69) is 216 Å². The molecule has 3 heteroatoms. The second-order valence-electron chi connectivity index (χ2n) is 14.1. The van der Waals surface area contributed by atoms with E-state index < -0.39 is 0 Å². The number of nitrogens with zero attached hydrogens (tertiary/aromatic N) is 2. The fraction of sp³-hybridized carbons (Fsp3) is 0. The molecule has 0 N–H and O–H groups in total. The molecule has 0 fully saturated rings. The van der Waals surface area contributed by atoms with Crippen LogP contribution in [0.4, 0.5) is 17.1 Å². The zero-order valence-electron chi connectivity index (χ0n) is 29.9. The van der Waals surface area contributed by atoms with E-state index in [-0.39, 0.29) is 0 Å². The maximum absolute atomic E-state index is 6.69. The number of para-hydroxylation sites is 3. The van der Waals surface area contributed by atoms with E-state index in [0.717, 1.165) is 61.3 Å². The molecule has 0 amide bonds. The summed E-state index contributed by atoms with van der Waals surface area (Å²) in [4.78, 5) is 2.36. The van der Waals surface area contributed by atoms with Gasteiger partial charge in [-0.2, -0.15) is 0 Å². The van der Waals surface area contributed by atoms with Crippen LogP contribution in [0, 0.1) is 0 Å². The predicted octanol–water partition coefficient (Wildman–Crippen LogP) is 14.6. The summed E-state index contributed by atoms with van der Waals surface area (Å²) in [5.41, 5.74) is 13.1. The van der Waals surface area contributed by atoms with Crippen molar-refractivity contribution in [2.75, 3.05) is 4.90 Å². The molecule has 9 aromatic carbocycles. The van der Waals surface area contributed by atoms with Crippen molar-refractivity contribution >= 4 is 71.6 Å². The number of aromatic nitrogens is 1. The SMILES string of the molecule is c1ccc(-c2ccc(N(c3ccccc3)c3ccc4c(c3)c3c(-c5ccc6ccccc6c5)c5c(cc3n4-c3ccccc3)oc3ccccc35)cc2)cc1. The monoisotopic (exact) mass is 702 g/mol. The Kier molecular flexibility index (Phi) is 7.17. The van der Waals surface area contributed by atoms with Gasteiger partial charge in [-0.05, 0) is 94.2 Å². The molecule has 0 saturated heterocycles. The molecule has 0 saturated carbocycles. The normalized spacial score (nSPS) is 11.6. The molecule has 0 radical (unpaired) electrons. The summed E-state index contributed by atoms with van der Waals surface area (Å²) in [7, 11) is 0. The zero-order chi connectivity index (χ0) is 36.3. The van der Waals surface area contributed by atoms with E-state index in [4.69, 9.17) is 4.42 Å². The Hall–Kier alpha value is -7.36. The highest BCUT2D eigenvalue weighted by Gasteiger charge is 2.24. The molecule has 0 aliphatic heterocycles. The first kappa shape index (κ1) is 31.2. The number of hydrogen-bond donors (Lipinski definition) is 0. The fourth-order valence-corrected chi connectivity index (χ4v) is 8.46. The van der Waals surface area contributed by atoms with Crippen LogP contribution in [0.3, 0.4) is 0 Å². The average molecular weight is 703 g/mol. The number of benzene rings is 9. The molecule has 0 bridgehead atoms. The van der Waals surface area contributed by atoms with Crippen molar-refractivity contribution in [2.24, 2.45) is 0 Å². The minimum absolute atomic E-state index is 0.876. The van der Waals surface area contributed by atoms with Gasteiger partial charge in [-0.3, -0.25) is 0 Å². The molecule has 55 heavy (non-hydrogen) atoms. The van der Waals surface area contributed by atoms with Crippen LogP contribution in [0.15, 0.2) is 211 Å². The average Bonchev–Trinajstić information content (AvgIpc) is 3.79. The Morgan fingerprint density at radius 2 is 0.982 bits per heavy atom. The van der Waals surface area contributed by atoms with Gasteiger partial charge in [0.15, 0.2) is 0 Å². The maximum Gasteiger partial charge on any atom is 0.138 e. The van der Waals surface area contributed by atoms with Crippen molar-refractivity contribution in [3.05, 3.63) is 206 Å². The van der Waals surface area contributed by atoms with Crippen LogP contribution in [-0.4, -0.2) is 4.57 Å². The Morgan fingerprint density at radius 3 is 1.78 bits per heavy atom. The van der Waals surface area contributed by atoms with E-state index in [0.29, 0.717) is 0 Å². The van der Waals surface area contributed by atoms with Crippen LogP contribution < -0.4 is 4.90 Å². The van der Waals surface area contributed by atoms with E-state index in [1.807, 2.05) is 0 Å². The molecule has 0 aliphatic carbocycles. The molecule has 0 spiro atoms. The number of hydrogen-bond acceptors (Lipinski definition) is 2. The first-order chi connectivity index (χ1) is 27.3. The standard InChI is InChI=1S/C52H34N2O/c1-4-14-35(15-5-1)37-26-28-42(29-27-37)53(40-18-6-2-7-19-40)43-30-31-46-45(33-43)51-47(54(46)41-20-8-3-9-21-41)34-49-52(44-22-12-13-23-48(44)55-49)50(51)39-25-24-36-16-10-11-17-38(36)32-39/h1-34H. The summed E-state index contributed by atoms with van der Waals surface area (Å²) in [6, 6.07) is 73.9. The van der Waals surface area contributed by atoms with Gasteiger partial charge in [0.25, 0.3) is 0 Å². The van der Waals surface area contributed by atoms with Crippen molar-refractivity contribution in [1.82, 2.24) is 4.57 Å². The maximum atomic E-state index is 6.69. The van der Waals surface area contributed by atoms with Crippen molar-refractivity contribution in [3.63, 3.8) is 0 Å². The van der Waals surface area contributed by atoms with Crippen molar-refractivity contribution in [1.29, 1.82) is 0 Å². The minimum atomic E-state index is 0.876. The van der Waals surface area contributed by atoms with E-state index >= 15 is 0 Å². The summed E-state index contributed by atoms with van der Waals surface area (Å²) in [6.07, 6.45) is 0. The lowest BCUT2D eigenvalue weighted by molar-refractivity contribution is 0.669. The smallest absolute Gasteiger partial charge is 0.138 e. The summed E-state index contributed by atoms with van der Waals surface area (Å²) in [5.74, 6) is 0. The minimum Gasteiger partial charge on any atom is -0.456 e. The van der Waals surface area contributed by atoms with Crippen molar-refractivity contribution in [2.45, 2.75) is 0 Å². The molecule has 0 unspecified atom stereocenters. The highest BCUT2D eigenvalue weighted by Crippen LogP contribution is 2.48. The third kappa shape index (κ3) is 5.13. The third-order valence-electron chi connectivity index (χ3n) is 10.9. The molecular formula is C52H34N2O. The van der Waals surface area contributed by atoms with Crippen LogP contribution in [0.1, 0.15) is 0 Å². The van der Waals surface area contributed by atoms with Gasteiger partial charge >= 0.3 is 0 Å². The molecule has 3 nitrogen and oxygen atoms in total. The van der Waals surface area contributed by atoms with Crippen LogP contribution in [0.5, 0.6) is 0 Å². The number of anilines is 3. The quantitative estimate of drug-likeness (QED) is 0.172. The summed E-state index contributed by atoms with van der Waals surface area (Å²) < 4.78 is 9.09. The van der Waals surface area contributed by atoms with Gasteiger partial charge in [0.05, 0.1) is 11.0 Å². The van der Waals surface area contributed by atoms with E-state index in [1.54, 1.807) is 0 Å². The number of furan rings is 1. The second kappa shape index (κ2) is 12.6. The first-order valence-corrected chi connectivity index (χ1v) is 18.8. The van der Waals surface area contributed by atoms with Crippen LogP contribution in [0.2, 0.25) is 0 Å². The Morgan fingerprint density at radius 1 is 0.364 bits per heavy atom. The second-order valence-corrected chi connectivity index (χ2v) is 14.1. The largest absolute Gasteiger partial charge is 0.456 e. The summed E-state index contributed by atoms with van der Waals surface area (Å²) >= 11 is 0. The van der Waals surface area contributed by atoms with Crippen LogP contribution >= 0.6 is 0 Å². The fourth-order valence-electron chi connectivity index (χ4n) is 8.46. The van der Waals surface area contributed by atoms with E-state index in [9.17, 15) is 0 Å². The number of rotatable bonds is 6. The molecule has 258 valence electrons. The van der Waals surface area contributed by atoms with Gasteiger partial charge in [0, 0.05) is 55.9 Å². The van der Waals surface area contributed by atoms with Crippen LogP contribution in [0.25, 0.3) is 82.5 Å². The molecule has 11 rings (SSSR count). The highest BCUT2D eigenvalue weighted by molar-refractivity contribution is 6.27. The first-order valence-electron chi connectivity index (χ1n) is 18.8. The zero-order valence-corrected chi connectivity index (χ0v) is 29.9. The third-order valence-corrected chi connectivity index (χ3v) is 10.9. The topological polar surface area (TPSA) is 21.3 Å². The van der Waals surface area contributed by atoms with Gasteiger partial charge in [-0.1, -0.05) is 133 Å². The number of fused-ring (bicyclic) bond motifs is 7. The lowest BCUT2D eigenvalue weighted by Gasteiger charge is -2.26. The lowest BCUT2D eigenvalue weighted by atomic mass is 9.92. The molecule has 2 heterocycles. The van der Waals surface area contributed by atoms with Crippen LogP contribution in [-0.2, 0) is 0 Å². The molecule has 2 aromatic heterocycles. The van der Waals surface area contributed by atoms with Gasteiger partial charge in [-0.15, -0.1) is 0 Å². The van der Waals surface area contributed by atoms with Gasteiger partial charge in [0.2, 0.25) is 0 Å². The Balaban J connectivity index is 1.24.